The first-order valence-corrected chi connectivity index (χ1v) is 12.3. The Balaban J connectivity index is 1.76. The average Bonchev–Trinajstić information content (AvgIpc) is 3.17. The molecule has 2 aromatic rings. The molecule has 2 N–H and O–H groups in total. The second kappa shape index (κ2) is 12.8. The van der Waals surface area contributed by atoms with Gasteiger partial charge in [-0.25, -0.2) is 0 Å². The van der Waals surface area contributed by atoms with Crippen LogP contribution in [0.25, 0.3) is 11.8 Å². The summed E-state index contributed by atoms with van der Waals surface area (Å²) in [7, 11) is 0. The Bertz CT molecular complexity index is 1220. The van der Waals surface area contributed by atoms with Crippen molar-refractivity contribution in [3.63, 3.8) is 0 Å². The minimum Gasteiger partial charge on any atom is -0.492 e. The minimum atomic E-state index is -0.528. The SMILES string of the molecule is C=CCNC(=O)C(C#N)=c1sc(=CNc2cccc(OCCN3CCCCC3)c2)c(=O)n1CC. The van der Waals surface area contributed by atoms with Crippen LogP contribution in [0.2, 0.25) is 0 Å². The third-order valence-corrected chi connectivity index (χ3v) is 6.64. The highest BCUT2D eigenvalue weighted by atomic mass is 32.1. The standard InChI is InChI=1S/C25H31N5O3S/c1-3-11-27-23(31)21(17-26)25-30(4-2)24(32)22(34-25)18-28-19-9-8-10-20(16-19)33-15-14-29-12-6-5-7-13-29/h3,8-10,16,18,28H,1,4-7,11-15H2,2H3,(H,27,31). The molecular formula is C25H31N5O3S. The van der Waals surface area contributed by atoms with Gasteiger partial charge in [0.2, 0.25) is 0 Å². The molecule has 0 aliphatic carbocycles. The van der Waals surface area contributed by atoms with Crippen molar-refractivity contribution in [1.29, 1.82) is 5.26 Å². The van der Waals surface area contributed by atoms with Crippen LogP contribution in [-0.2, 0) is 11.3 Å². The number of anilines is 1. The second-order valence-electron chi connectivity index (χ2n) is 7.87. The van der Waals surface area contributed by atoms with E-state index in [1.54, 1.807) is 13.1 Å². The van der Waals surface area contributed by atoms with E-state index in [1.807, 2.05) is 30.3 Å². The van der Waals surface area contributed by atoms with Crippen molar-refractivity contribution in [2.45, 2.75) is 32.7 Å². The van der Waals surface area contributed by atoms with Crippen molar-refractivity contribution in [3.8, 4) is 11.8 Å². The van der Waals surface area contributed by atoms with Crippen LogP contribution < -0.4 is 30.1 Å². The zero-order valence-corrected chi connectivity index (χ0v) is 20.3. The predicted octanol–water partition coefficient (Wildman–Crippen LogP) is 1.62. The van der Waals surface area contributed by atoms with Crippen molar-refractivity contribution in [2.75, 3.05) is 38.1 Å². The first-order valence-electron chi connectivity index (χ1n) is 11.5. The maximum atomic E-state index is 12.9. The van der Waals surface area contributed by atoms with E-state index < -0.39 is 5.91 Å². The van der Waals surface area contributed by atoms with Gasteiger partial charge in [-0.2, -0.15) is 5.26 Å². The summed E-state index contributed by atoms with van der Waals surface area (Å²) in [6.07, 6.45) is 6.96. The molecule has 34 heavy (non-hydrogen) atoms. The number of ether oxygens (including phenoxy) is 1. The van der Waals surface area contributed by atoms with E-state index in [2.05, 4.69) is 22.1 Å². The Labute approximate surface area is 203 Å². The second-order valence-corrected chi connectivity index (χ2v) is 8.90. The maximum Gasteiger partial charge on any atom is 0.270 e. The third kappa shape index (κ3) is 6.59. The Kier molecular flexibility index (Phi) is 9.50. The molecule has 0 radical (unpaired) electrons. The Morgan fingerprint density at radius 1 is 1.32 bits per heavy atom. The van der Waals surface area contributed by atoms with Crippen LogP contribution in [0.4, 0.5) is 5.69 Å². The first kappa shape index (κ1) is 25.3. The fourth-order valence-corrected chi connectivity index (χ4v) is 4.83. The van der Waals surface area contributed by atoms with Gasteiger partial charge in [0.15, 0.2) is 5.57 Å². The summed E-state index contributed by atoms with van der Waals surface area (Å²) < 4.78 is 8.09. The molecule has 1 saturated heterocycles. The van der Waals surface area contributed by atoms with Crippen LogP contribution in [0.15, 0.2) is 41.7 Å². The number of aromatic nitrogens is 1. The van der Waals surface area contributed by atoms with Gasteiger partial charge in [-0.05, 0) is 45.0 Å². The molecule has 1 fully saturated rings. The summed E-state index contributed by atoms with van der Waals surface area (Å²) in [6, 6.07) is 9.50. The molecule has 0 saturated carbocycles. The van der Waals surface area contributed by atoms with E-state index in [4.69, 9.17) is 4.74 Å². The van der Waals surface area contributed by atoms with E-state index in [-0.39, 0.29) is 17.7 Å². The lowest BCUT2D eigenvalue weighted by Crippen LogP contribution is -2.34. The third-order valence-electron chi connectivity index (χ3n) is 5.51. The average molecular weight is 482 g/mol. The monoisotopic (exact) mass is 481 g/mol. The largest absolute Gasteiger partial charge is 0.492 e. The molecule has 0 spiro atoms. The number of benzene rings is 1. The smallest absolute Gasteiger partial charge is 0.270 e. The van der Waals surface area contributed by atoms with Crippen molar-refractivity contribution in [1.82, 2.24) is 14.8 Å². The van der Waals surface area contributed by atoms with Gasteiger partial charge in [-0.3, -0.25) is 19.1 Å². The van der Waals surface area contributed by atoms with Crippen molar-refractivity contribution >= 4 is 34.7 Å². The van der Waals surface area contributed by atoms with E-state index >= 15 is 0 Å². The highest BCUT2D eigenvalue weighted by molar-refractivity contribution is 7.07. The van der Waals surface area contributed by atoms with Gasteiger partial charge in [0.1, 0.15) is 27.6 Å². The number of carbonyl (C=O) groups is 1. The minimum absolute atomic E-state index is 0.0884. The summed E-state index contributed by atoms with van der Waals surface area (Å²) in [5.74, 6) is 0.229. The number of carbonyl (C=O) groups excluding carboxylic acids is 1. The number of nitrogens with one attached hydrogen (secondary N) is 2. The number of nitrogens with zero attached hydrogens (tertiary/aromatic N) is 3. The molecule has 3 rings (SSSR count). The Hall–Kier alpha value is -3.35. The zero-order chi connectivity index (χ0) is 24.3. The molecule has 1 aliphatic rings. The molecular weight excluding hydrogens is 450 g/mol. The summed E-state index contributed by atoms with van der Waals surface area (Å²) in [4.78, 5) is 27.6. The van der Waals surface area contributed by atoms with Gasteiger partial charge in [-0.1, -0.05) is 18.6 Å². The normalized spacial score (nSPS) is 15.4. The molecule has 9 heteroatoms. The van der Waals surface area contributed by atoms with Gasteiger partial charge in [0.05, 0.1) is 0 Å². The van der Waals surface area contributed by atoms with E-state index in [9.17, 15) is 14.9 Å². The number of piperidine rings is 1. The highest BCUT2D eigenvalue weighted by Gasteiger charge is 2.14. The fourth-order valence-electron chi connectivity index (χ4n) is 3.74. The van der Waals surface area contributed by atoms with Gasteiger partial charge < -0.3 is 15.4 Å². The molecule has 8 nitrogen and oxygen atoms in total. The number of amides is 1. The van der Waals surface area contributed by atoms with Crippen molar-refractivity contribution < 1.29 is 9.53 Å². The number of hydrogen-bond acceptors (Lipinski definition) is 7. The Morgan fingerprint density at radius 2 is 2.12 bits per heavy atom. The van der Waals surface area contributed by atoms with Gasteiger partial charge in [-0.15, -0.1) is 17.9 Å². The first-order chi connectivity index (χ1) is 16.6. The number of hydrogen-bond donors (Lipinski definition) is 2. The van der Waals surface area contributed by atoms with Crippen LogP contribution in [0.5, 0.6) is 5.75 Å². The molecule has 0 bridgehead atoms. The molecule has 1 aliphatic heterocycles. The summed E-state index contributed by atoms with van der Waals surface area (Å²) in [5.41, 5.74) is 0.434. The topological polar surface area (TPSA) is 99.4 Å². The van der Waals surface area contributed by atoms with Crippen LogP contribution in [0, 0.1) is 11.3 Å². The number of likely N-dealkylation sites (tertiary alicyclic amines) is 1. The fraction of sp³-hybridized carbons (Fsp3) is 0.400. The van der Waals surface area contributed by atoms with E-state index in [0.29, 0.717) is 22.3 Å². The highest BCUT2D eigenvalue weighted by Crippen LogP contribution is 2.17. The molecule has 1 aromatic carbocycles. The van der Waals surface area contributed by atoms with E-state index in [0.717, 1.165) is 42.4 Å². The predicted molar refractivity (Wildman–Crippen MR) is 136 cm³/mol. The van der Waals surface area contributed by atoms with Crippen molar-refractivity contribution in [3.05, 3.63) is 56.5 Å². The van der Waals surface area contributed by atoms with Crippen LogP contribution in [0.3, 0.4) is 0 Å². The van der Waals surface area contributed by atoms with Gasteiger partial charge in [0, 0.05) is 37.6 Å². The molecule has 0 unspecified atom stereocenters. The quantitative estimate of drug-likeness (QED) is 0.501. The summed E-state index contributed by atoms with van der Waals surface area (Å²) in [5, 5.41) is 15.3. The van der Waals surface area contributed by atoms with E-state index in [1.165, 1.54) is 29.9 Å². The zero-order valence-electron chi connectivity index (χ0n) is 19.5. The number of rotatable bonds is 10. The van der Waals surface area contributed by atoms with Gasteiger partial charge in [0.25, 0.3) is 11.5 Å². The Morgan fingerprint density at radius 3 is 2.82 bits per heavy atom. The van der Waals surface area contributed by atoms with Crippen LogP contribution >= 0.6 is 11.3 Å². The molecule has 1 amide bonds. The molecule has 1 aromatic heterocycles. The van der Waals surface area contributed by atoms with Crippen LogP contribution in [-0.4, -0.2) is 48.2 Å². The maximum absolute atomic E-state index is 12.9. The number of nitriles is 1. The summed E-state index contributed by atoms with van der Waals surface area (Å²) in [6.45, 7) is 9.76. The lowest BCUT2D eigenvalue weighted by Gasteiger charge is -2.26. The van der Waals surface area contributed by atoms with Gasteiger partial charge >= 0.3 is 0 Å². The summed E-state index contributed by atoms with van der Waals surface area (Å²) >= 11 is 1.11. The molecule has 0 atom stereocenters. The molecule has 2 heterocycles. The van der Waals surface area contributed by atoms with Crippen LogP contribution in [0.1, 0.15) is 26.2 Å². The molecule has 180 valence electrons. The lowest BCUT2D eigenvalue weighted by atomic mass is 10.1. The lowest BCUT2D eigenvalue weighted by molar-refractivity contribution is -0.115. The van der Waals surface area contributed by atoms with Crippen molar-refractivity contribution in [2.24, 2.45) is 0 Å². The number of thiazole rings is 1.